The average Bonchev–Trinajstić information content (AvgIpc) is 3.00. The molecule has 0 N–H and O–H groups in total. The number of carbonyl (C=O) groups excluding carboxylic acids is 2. The summed E-state index contributed by atoms with van der Waals surface area (Å²) in [5.41, 5.74) is 0. The number of hydrogen-bond donors (Lipinski definition) is 0. The van der Waals surface area contributed by atoms with Crippen LogP contribution in [0.15, 0.2) is 12.1 Å². The van der Waals surface area contributed by atoms with Gasteiger partial charge in [0.25, 0.3) is 0 Å². The van der Waals surface area contributed by atoms with Gasteiger partial charge in [-0.1, -0.05) is 0 Å². The predicted molar refractivity (Wildman–Crippen MR) is 88.1 cm³/mol. The molecule has 0 bridgehead atoms. The van der Waals surface area contributed by atoms with Crippen molar-refractivity contribution in [2.75, 3.05) is 69.8 Å². The highest BCUT2D eigenvalue weighted by Crippen LogP contribution is 2.15. The summed E-state index contributed by atoms with van der Waals surface area (Å²) in [4.78, 5) is 30.9. The van der Waals surface area contributed by atoms with E-state index in [1.807, 2.05) is 31.1 Å². The molecular formula is C15H22N6O3. The highest BCUT2D eigenvalue weighted by molar-refractivity contribution is 5.83. The van der Waals surface area contributed by atoms with Gasteiger partial charge in [-0.2, -0.15) is 0 Å². The van der Waals surface area contributed by atoms with Gasteiger partial charge in [-0.3, -0.25) is 9.69 Å². The van der Waals surface area contributed by atoms with Gasteiger partial charge in [0.2, 0.25) is 5.91 Å². The molecule has 2 aliphatic rings. The summed E-state index contributed by atoms with van der Waals surface area (Å²) in [6.07, 6.45) is -0.404. The fourth-order valence-corrected chi connectivity index (χ4v) is 2.74. The number of hydrogen-bond acceptors (Lipinski definition) is 7. The van der Waals surface area contributed by atoms with E-state index in [0.717, 1.165) is 11.6 Å². The zero-order valence-electron chi connectivity index (χ0n) is 14.0. The Morgan fingerprint density at radius 3 is 2.46 bits per heavy atom. The van der Waals surface area contributed by atoms with Crippen molar-refractivity contribution in [2.45, 2.75) is 0 Å². The standard InChI is InChI=1S/C15H22N6O3/c1-18(2)12-3-4-13(17-16-12)19-5-7-20(8-6-19)14(22)11-21-9-10-24-15(21)23/h3-4H,5-11H2,1-2H3. The van der Waals surface area contributed by atoms with E-state index in [0.29, 0.717) is 39.3 Å². The molecule has 0 unspecified atom stereocenters. The second-order valence-electron chi connectivity index (χ2n) is 6.05. The lowest BCUT2D eigenvalue weighted by atomic mass is 10.3. The summed E-state index contributed by atoms with van der Waals surface area (Å²) in [6.45, 7) is 3.56. The van der Waals surface area contributed by atoms with E-state index in [1.54, 1.807) is 4.90 Å². The fourth-order valence-electron chi connectivity index (χ4n) is 2.74. The molecule has 3 heterocycles. The van der Waals surface area contributed by atoms with E-state index in [9.17, 15) is 9.59 Å². The van der Waals surface area contributed by atoms with E-state index < -0.39 is 6.09 Å². The zero-order chi connectivity index (χ0) is 17.1. The Bertz CT molecular complexity index is 598. The minimum Gasteiger partial charge on any atom is -0.448 e. The number of nitrogens with zero attached hydrogens (tertiary/aromatic N) is 6. The Morgan fingerprint density at radius 2 is 1.92 bits per heavy atom. The van der Waals surface area contributed by atoms with E-state index in [2.05, 4.69) is 15.1 Å². The van der Waals surface area contributed by atoms with Gasteiger partial charge >= 0.3 is 6.09 Å². The Labute approximate surface area is 140 Å². The smallest absolute Gasteiger partial charge is 0.410 e. The number of amides is 2. The van der Waals surface area contributed by atoms with Gasteiger partial charge in [-0.25, -0.2) is 4.79 Å². The maximum absolute atomic E-state index is 12.3. The summed E-state index contributed by atoms with van der Waals surface area (Å²) >= 11 is 0. The maximum atomic E-state index is 12.3. The van der Waals surface area contributed by atoms with Crippen LogP contribution in [0, 0.1) is 0 Å². The van der Waals surface area contributed by atoms with Crippen molar-refractivity contribution < 1.29 is 14.3 Å². The minimum atomic E-state index is -0.404. The molecule has 0 spiro atoms. The first-order valence-corrected chi connectivity index (χ1v) is 8.00. The average molecular weight is 334 g/mol. The molecule has 0 atom stereocenters. The van der Waals surface area contributed by atoms with Crippen LogP contribution in [0.4, 0.5) is 16.4 Å². The normalized spacial score (nSPS) is 17.9. The third kappa shape index (κ3) is 3.50. The molecule has 1 aromatic rings. The number of aromatic nitrogens is 2. The fraction of sp³-hybridized carbons (Fsp3) is 0.600. The van der Waals surface area contributed by atoms with Gasteiger partial charge in [0.05, 0.1) is 6.54 Å². The van der Waals surface area contributed by atoms with Crippen molar-refractivity contribution in [1.29, 1.82) is 0 Å². The van der Waals surface area contributed by atoms with Crippen LogP contribution in [-0.2, 0) is 9.53 Å². The molecule has 2 fully saturated rings. The molecule has 9 heteroatoms. The van der Waals surface area contributed by atoms with Crippen LogP contribution >= 0.6 is 0 Å². The monoisotopic (exact) mass is 334 g/mol. The minimum absolute atomic E-state index is 0.0393. The van der Waals surface area contributed by atoms with Gasteiger partial charge in [0, 0.05) is 40.3 Å². The van der Waals surface area contributed by atoms with Crippen LogP contribution in [0.2, 0.25) is 0 Å². The van der Waals surface area contributed by atoms with E-state index in [-0.39, 0.29) is 12.5 Å². The first-order chi connectivity index (χ1) is 11.5. The SMILES string of the molecule is CN(C)c1ccc(N2CCN(C(=O)CN3CCOC3=O)CC2)nn1. The van der Waals surface area contributed by atoms with Crippen LogP contribution in [0.5, 0.6) is 0 Å². The van der Waals surface area contributed by atoms with Gasteiger partial charge in [0.1, 0.15) is 13.2 Å². The second-order valence-corrected chi connectivity index (χ2v) is 6.05. The number of piperazine rings is 1. The molecule has 24 heavy (non-hydrogen) atoms. The molecule has 3 rings (SSSR count). The van der Waals surface area contributed by atoms with Crippen molar-refractivity contribution in [2.24, 2.45) is 0 Å². The van der Waals surface area contributed by atoms with Crippen molar-refractivity contribution in [1.82, 2.24) is 20.0 Å². The first-order valence-electron chi connectivity index (χ1n) is 8.00. The molecular weight excluding hydrogens is 312 g/mol. The molecule has 130 valence electrons. The van der Waals surface area contributed by atoms with Crippen LogP contribution in [0.25, 0.3) is 0 Å². The van der Waals surface area contributed by atoms with Crippen molar-refractivity contribution >= 4 is 23.6 Å². The Balaban J connectivity index is 1.51. The maximum Gasteiger partial charge on any atom is 0.410 e. The molecule has 1 aromatic heterocycles. The summed E-state index contributed by atoms with van der Waals surface area (Å²) in [5.74, 6) is 1.59. The molecule has 2 amide bonds. The summed E-state index contributed by atoms with van der Waals surface area (Å²) < 4.78 is 4.84. The van der Waals surface area contributed by atoms with Gasteiger partial charge in [-0.05, 0) is 12.1 Å². The van der Waals surface area contributed by atoms with Crippen molar-refractivity contribution in [3.63, 3.8) is 0 Å². The van der Waals surface area contributed by atoms with Crippen LogP contribution in [0.3, 0.4) is 0 Å². The third-order valence-electron chi connectivity index (χ3n) is 4.22. The lowest BCUT2D eigenvalue weighted by Crippen LogP contribution is -2.51. The largest absolute Gasteiger partial charge is 0.448 e. The quantitative estimate of drug-likeness (QED) is 0.744. The molecule has 2 aliphatic heterocycles. The topological polar surface area (TPSA) is 82.1 Å². The number of rotatable bonds is 4. The summed E-state index contributed by atoms with van der Waals surface area (Å²) in [6, 6.07) is 3.87. The van der Waals surface area contributed by atoms with E-state index in [1.165, 1.54) is 4.90 Å². The summed E-state index contributed by atoms with van der Waals surface area (Å²) in [7, 11) is 3.84. The van der Waals surface area contributed by atoms with Gasteiger partial charge in [0.15, 0.2) is 11.6 Å². The molecule has 0 aliphatic carbocycles. The zero-order valence-corrected chi connectivity index (χ0v) is 14.0. The molecule has 2 saturated heterocycles. The van der Waals surface area contributed by atoms with Crippen molar-refractivity contribution in [3.05, 3.63) is 12.1 Å². The van der Waals surface area contributed by atoms with Gasteiger partial charge in [-0.15, -0.1) is 10.2 Å². The van der Waals surface area contributed by atoms with E-state index in [4.69, 9.17) is 4.74 Å². The molecule has 0 aromatic carbocycles. The highest BCUT2D eigenvalue weighted by Gasteiger charge is 2.28. The Hall–Kier alpha value is -2.58. The number of anilines is 2. The Kier molecular flexibility index (Phi) is 4.68. The van der Waals surface area contributed by atoms with E-state index >= 15 is 0 Å². The van der Waals surface area contributed by atoms with Crippen molar-refractivity contribution in [3.8, 4) is 0 Å². The Morgan fingerprint density at radius 1 is 1.17 bits per heavy atom. The molecule has 0 radical (unpaired) electrons. The predicted octanol–water partition coefficient (Wildman–Crippen LogP) is -0.357. The lowest BCUT2D eigenvalue weighted by Gasteiger charge is -2.35. The third-order valence-corrected chi connectivity index (χ3v) is 4.22. The highest BCUT2D eigenvalue weighted by atomic mass is 16.6. The first kappa shape index (κ1) is 16.3. The summed E-state index contributed by atoms with van der Waals surface area (Å²) in [5, 5.41) is 8.43. The van der Waals surface area contributed by atoms with Gasteiger partial charge < -0.3 is 19.4 Å². The number of carbonyl (C=O) groups is 2. The van der Waals surface area contributed by atoms with Crippen LogP contribution in [0.1, 0.15) is 0 Å². The number of cyclic esters (lactones) is 1. The molecule has 9 nitrogen and oxygen atoms in total. The van der Waals surface area contributed by atoms with Crippen LogP contribution < -0.4 is 9.80 Å². The van der Waals surface area contributed by atoms with Crippen LogP contribution in [-0.4, -0.2) is 92.0 Å². The second kappa shape index (κ2) is 6.90. The molecule has 0 saturated carbocycles. The number of ether oxygens (including phenoxy) is 1. The lowest BCUT2D eigenvalue weighted by molar-refractivity contribution is -0.132.